The van der Waals surface area contributed by atoms with Gasteiger partial charge in [0.1, 0.15) is 0 Å². The molecule has 0 radical (unpaired) electrons. The Morgan fingerprint density at radius 2 is 2.60 bits per heavy atom. The summed E-state index contributed by atoms with van der Waals surface area (Å²) in [5.74, 6) is 0.202. The molecule has 1 aromatic heterocycles. The van der Waals surface area contributed by atoms with Crippen LogP contribution in [0.3, 0.4) is 0 Å². The number of likely N-dealkylation sites (tertiary alicyclic amines) is 1. The van der Waals surface area contributed by atoms with Crippen molar-refractivity contribution in [2.24, 2.45) is 5.92 Å². The number of rotatable bonds is 2. The molecule has 2 atom stereocenters. The lowest BCUT2D eigenvalue weighted by molar-refractivity contribution is 0.0762. The van der Waals surface area contributed by atoms with E-state index < -0.39 is 0 Å². The van der Waals surface area contributed by atoms with E-state index in [1.165, 1.54) is 6.20 Å². The van der Waals surface area contributed by atoms with Gasteiger partial charge in [0.15, 0.2) is 0 Å². The van der Waals surface area contributed by atoms with Crippen LogP contribution in [0.25, 0.3) is 0 Å². The average Bonchev–Trinajstić information content (AvgIpc) is 2.88. The molecule has 0 aliphatic carbocycles. The summed E-state index contributed by atoms with van der Waals surface area (Å²) in [5.41, 5.74) is 0.584. The van der Waals surface area contributed by atoms with Gasteiger partial charge in [-0.25, -0.2) is 0 Å². The third-order valence-electron chi connectivity index (χ3n) is 2.94. The Balaban J connectivity index is 1.99. The maximum absolute atomic E-state index is 11.9. The molecule has 1 aromatic rings. The number of hydrogen-bond donors (Lipinski definition) is 2. The topological polar surface area (TPSA) is 69.2 Å². The first-order valence-electron chi connectivity index (χ1n) is 5.14. The van der Waals surface area contributed by atoms with Gasteiger partial charge < -0.3 is 10.0 Å². The zero-order chi connectivity index (χ0) is 10.8. The van der Waals surface area contributed by atoms with Gasteiger partial charge in [-0.1, -0.05) is 0 Å². The maximum Gasteiger partial charge on any atom is 0.257 e. The first kappa shape index (κ1) is 10.2. The third-order valence-corrected chi connectivity index (χ3v) is 2.94. The highest BCUT2D eigenvalue weighted by Gasteiger charge is 2.29. The van der Waals surface area contributed by atoms with Crippen LogP contribution in [0.15, 0.2) is 12.4 Å². The average molecular weight is 209 g/mol. The van der Waals surface area contributed by atoms with Crippen molar-refractivity contribution in [3.63, 3.8) is 0 Å². The van der Waals surface area contributed by atoms with Gasteiger partial charge in [-0.2, -0.15) is 5.10 Å². The molecule has 1 aliphatic rings. The summed E-state index contributed by atoms with van der Waals surface area (Å²) in [6.45, 7) is 3.14. The van der Waals surface area contributed by atoms with Gasteiger partial charge in [-0.3, -0.25) is 9.89 Å². The molecule has 1 saturated heterocycles. The van der Waals surface area contributed by atoms with Crippen LogP contribution < -0.4 is 0 Å². The largest absolute Gasteiger partial charge is 0.393 e. The van der Waals surface area contributed by atoms with E-state index in [4.69, 9.17) is 0 Å². The number of carbonyl (C=O) groups is 1. The number of carbonyl (C=O) groups excluding carboxylic acids is 1. The second kappa shape index (κ2) is 4.02. The minimum Gasteiger partial charge on any atom is -0.393 e. The van der Waals surface area contributed by atoms with Crippen LogP contribution in [0.2, 0.25) is 0 Å². The molecule has 5 heteroatoms. The van der Waals surface area contributed by atoms with E-state index in [1.54, 1.807) is 18.0 Å². The second-order valence-electron chi connectivity index (χ2n) is 4.03. The van der Waals surface area contributed by atoms with Crippen LogP contribution in [0.1, 0.15) is 23.7 Å². The van der Waals surface area contributed by atoms with E-state index in [1.807, 2.05) is 0 Å². The molecule has 82 valence electrons. The van der Waals surface area contributed by atoms with Crippen molar-refractivity contribution >= 4 is 5.91 Å². The van der Waals surface area contributed by atoms with Crippen LogP contribution in [-0.2, 0) is 0 Å². The van der Waals surface area contributed by atoms with Crippen molar-refractivity contribution in [1.82, 2.24) is 15.1 Å². The monoisotopic (exact) mass is 209 g/mol. The molecular formula is C10H15N3O2. The minimum atomic E-state index is -0.341. The van der Waals surface area contributed by atoms with Gasteiger partial charge in [0.2, 0.25) is 0 Å². The number of aliphatic hydroxyl groups is 1. The van der Waals surface area contributed by atoms with Crippen LogP contribution in [0.4, 0.5) is 0 Å². The Kier molecular flexibility index (Phi) is 2.73. The number of amides is 1. The summed E-state index contributed by atoms with van der Waals surface area (Å²) >= 11 is 0. The molecule has 1 aliphatic heterocycles. The molecule has 0 spiro atoms. The van der Waals surface area contributed by atoms with Crippen molar-refractivity contribution in [3.05, 3.63) is 18.0 Å². The molecule has 2 unspecified atom stereocenters. The van der Waals surface area contributed by atoms with E-state index >= 15 is 0 Å². The lowest BCUT2D eigenvalue weighted by Crippen LogP contribution is -2.30. The number of aromatic amines is 1. The van der Waals surface area contributed by atoms with Crippen molar-refractivity contribution in [2.75, 3.05) is 13.1 Å². The van der Waals surface area contributed by atoms with E-state index in [9.17, 15) is 9.90 Å². The summed E-state index contributed by atoms with van der Waals surface area (Å²) in [6, 6.07) is 0. The second-order valence-corrected chi connectivity index (χ2v) is 4.03. The maximum atomic E-state index is 11.9. The van der Waals surface area contributed by atoms with Crippen LogP contribution in [-0.4, -0.2) is 45.3 Å². The highest BCUT2D eigenvalue weighted by Crippen LogP contribution is 2.21. The molecule has 1 fully saturated rings. The number of H-pyrrole nitrogens is 1. The SMILES string of the molecule is CC(O)C1CCN(C(=O)c2cn[nH]c2)C1. The molecule has 0 saturated carbocycles. The van der Waals surface area contributed by atoms with Gasteiger partial charge in [-0.15, -0.1) is 0 Å². The van der Waals surface area contributed by atoms with Gasteiger partial charge >= 0.3 is 0 Å². The lowest BCUT2D eigenvalue weighted by Gasteiger charge is -2.16. The van der Waals surface area contributed by atoms with Gasteiger partial charge in [0.25, 0.3) is 5.91 Å². The molecule has 0 bridgehead atoms. The van der Waals surface area contributed by atoms with E-state index in [0.29, 0.717) is 12.1 Å². The molecule has 2 heterocycles. The summed E-state index contributed by atoms with van der Waals surface area (Å²) in [5, 5.41) is 15.8. The fourth-order valence-electron chi connectivity index (χ4n) is 1.92. The Morgan fingerprint density at radius 3 is 3.13 bits per heavy atom. The smallest absolute Gasteiger partial charge is 0.257 e. The standard InChI is InChI=1S/C10H15N3O2/c1-7(14)8-2-3-13(6-8)10(15)9-4-11-12-5-9/h4-5,7-8,14H,2-3,6H2,1H3,(H,11,12). The number of aromatic nitrogens is 2. The van der Waals surface area contributed by atoms with Crippen LogP contribution in [0.5, 0.6) is 0 Å². The molecule has 2 N–H and O–H groups in total. The quantitative estimate of drug-likeness (QED) is 0.733. The molecular weight excluding hydrogens is 194 g/mol. The van der Waals surface area contributed by atoms with Crippen LogP contribution in [0, 0.1) is 5.92 Å². The fourth-order valence-corrected chi connectivity index (χ4v) is 1.92. The molecule has 15 heavy (non-hydrogen) atoms. The van der Waals surface area contributed by atoms with Crippen LogP contribution >= 0.6 is 0 Å². The van der Waals surface area contributed by atoms with E-state index in [-0.39, 0.29) is 17.9 Å². The molecule has 0 aromatic carbocycles. The Bertz CT molecular complexity index is 334. The highest BCUT2D eigenvalue weighted by atomic mass is 16.3. The van der Waals surface area contributed by atoms with E-state index in [2.05, 4.69) is 10.2 Å². The van der Waals surface area contributed by atoms with Gasteiger partial charge in [0.05, 0.1) is 17.9 Å². The van der Waals surface area contributed by atoms with Crippen molar-refractivity contribution < 1.29 is 9.90 Å². The summed E-state index contributed by atoms with van der Waals surface area (Å²) in [4.78, 5) is 13.6. The lowest BCUT2D eigenvalue weighted by atomic mass is 10.0. The van der Waals surface area contributed by atoms with Crippen molar-refractivity contribution in [3.8, 4) is 0 Å². The van der Waals surface area contributed by atoms with E-state index in [0.717, 1.165) is 13.0 Å². The first-order chi connectivity index (χ1) is 7.18. The Morgan fingerprint density at radius 1 is 1.80 bits per heavy atom. The third kappa shape index (κ3) is 2.02. The minimum absolute atomic E-state index is 0.00750. The molecule has 1 amide bonds. The summed E-state index contributed by atoms with van der Waals surface area (Å²) < 4.78 is 0. The molecule has 5 nitrogen and oxygen atoms in total. The zero-order valence-corrected chi connectivity index (χ0v) is 8.68. The fraction of sp³-hybridized carbons (Fsp3) is 0.600. The summed E-state index contributed by atoms with van der Waals surface area (Å²) in [6.07, 6.45) is 3.66. The number of nitrogens with one attached hydrogen (secondary N) is 1. The van der Waals surface area contributed by atoms with Gasteiger partial charge in [-0.05, 0) is 13.3 Å². The summed E-state index contributed by atoms with van der Waals surface area (Å²) in [7, 11) is 0. The number of nitrogens with zero attached hydrogens (tertiary/aromatic N) is 2. The van der Waals surface area contributed by atoms with Crippen molar-refractivity contribution in [2.45, 2.75) is 19.4 Å². The predicted octanol–water partition coefficient (Wildman–Crippen LogP) is 0.253. The molecule has 2 rings (SSSR count). The van der Waals surface area contributed by atoms with Gasteiger partial charge in [0, 0.05) is 25.2 Å². The first-order valence-corrected chi connectivity index (χ1v) is 5.14. The Hall–Kier alpha value is -1.36. The highest BCUT2D eigenvalue weighted by molar-refractivity contribution is 5.93. The predicted molar refractivity (Wildman–Crippen MR) is 54.3 cm³/mol. The van der Waals surface area contributed by atoms with Crippen molar-refractivity contribution in [1.29, 1.82) is 0 Å². The normalized spacial score (nSPS) is 23.1. The number of aliphatic hydroxyl groups excluding tert-OH is 1. The Labute approximate surface area is 88.1 Å². The number of hydrogen-bond acceptors (Lipinski definition) is 3. The zero-order valence-electron chi connectivity index (χ0n) is 8.68.